The molecule has 5 nitrogen and oxygen atoms in total. The van der Waals surface area contributed by atoms with Crippen LogP contribution in [0.3, 0.4) is 0 Å². The molecule has 150 valence electrons. The zero-order valence-corrected chi connectivity index (χ0v) is 17.0. The normalized spacial score (nSPS) is 25.2. The molecule has 2 N–H and O–H groups in total. The highest BCUT2D eigenvalue weighted by Crippen LogP contribution is 2.33. The fourth-order valence-corrected chi connectivity index (χ4v) is 4.40. The average Bonchev–Trinajstić information content (AvgIpc) is 3.13. The Morgan fingerprint density at radius 2 is 1.85 bits per heavy atom. The molecule has 0 radical (unpaired) electrons. The van der Waals surface area contributed by atoms with Crippen molar-refractivity contribution in [2.24, 2.45) is 17.6 Å². The van der Waals surface area contributed by atoms with Crippen LogP contribution < -0.4 is 5.73 Å². The van der Waals surface area contributed by atoms with Crippen LogP contribution in [0.2, 0.25) is 0 Å². The van der Waals surface area contributed by atoms with Crippen molar-refractivity contribution in [3.05, 3.63) is 35.9 Å². The van der Waals surface area contributed by atoms with E-state index in [-0.39, 0.29) is 30.1 Å². The topological polar surface area (TPSA) is 66.6 Å². The molecule has 2 heterocycles. The summed E-state index contributed by atoms with van der Waals surface area (Å²) in [5, 5.41) is 0. The first-order valence-electron chi connectivity index (χ1n) is 9.95. The second kappa shape index (κ2) is 10.1. The smallest absolute Gasteiger partial charge is 0.227 e. The molecule has 0 bridgehead atoms. The maximum atomic E-state index is 13.1. The summed E-state index contributed by atoms with van der Waals surface area (Å²) in [5.41, 5.74) is 7.27. The Kier molecular flexibility index (Phi) is 8.11. The first-order chi connectivity index (χ1) is 12.6. The molecule has 2 aliphatic heterocycles. The van der Waals surface area contributed by atoms with E-state index >= 15 is 0 Å². The zero-order chi connectivity index (χ0) is 18.5. The summed E-state index contributed by atoms with van der Waals surface area (Å²) in [4.78, 5) is 29.2. The summed E-state index contributed by atoms with van der Waals surface area (Å²) in [5.74, 6) is 0.955. The van der Waals surface area contributed by atoms with Crippen LogP contribution in [0.4, 0.5) is 0 Å². The van der Waals surface area contributed by atoms with E-state index in [0.717, 1.165) is 38.9 Å². The van der Waals surface area contributed by atoms with Crippen LogP contribution in [0, 0.1) is 11.8 Å². The molecular weight excluding hydrogens is 362 g/mol. The molecule has 1 unspecified atom stereocenters. The van der Waals surface area contributed by atoms with Gasteiger partial charge < -0.3 is 15.5 Å². The maximum absolute atomic E-state index is 13.1. The predicted molar refractivity (Wildman–Crippen MR) is 110 cm³/mol. The largest absolute Gasteiger partial charge is 0.342 e. The van der Waals surface area contributed by atoms with Crippen LogP contribution in [0.25, 0.3) is 0 Å². The maximum Gasteiger partial charge on any atom is 0.227 e. The van der Waals surface area contributed by atoms with Gasteiger partial charge in [0.2, 0.25) is 11.8 Å². The average molecular weight is 394 g/mol. The van der Waals surface area contributed by atoms with Crippen molar-refractivity contribution in [3.8, 4) is 0 Å². The molecule has 0 aliphatic carbocycles. The van der Waals surface area contributed by atoms with E-state index in [9.17, 15) is 9.59 Å². The van der Waals surface area contributed by atoms with E-state index in [2.05, 4.69) is 12.1 Å². The second-order valence-corrected chi connectivity index (χ2v) is 7.69. The summed E-state index contributed by atoms with van der Waals surface area (Å²) in [6.07, 6.45) is 3.24. The molecule has 27 heavy (non-hydrogen) atoms. The van der Waals surface area contributed by atoms with Crippen molar-refractivity contribution in [1.29, 1.82) is 0 Å². The first kappa shape index (κ1) is 21.7. The fourth-order valence-electron chi connectivity index (χ4n) is 4.40. The first-order valence-corrected chi connectivity index (χ1v) is 9.95. The van der Waals surface area contributed by atoms with Gasteiger partial charge in [-0.2, -0.15) is 0 Å². The molecule has 2 saturated heterocycles. The highest BCUT2D eigenvalue weighted by molar-refractivity contribution is 5.85. The fraction of sp³-hybridized carbons (Fsp3) is 0.619. The monoisotopic (exact) mass is 393 g/mol. The molecule has 2 amide bonds. The third-order valence-electron chi connectivity index (χ3n) is 5.87. The molecule has 2 fully saturated rings. The van der Waals surface area contributed by atoms with E-state index in [0.29, 0.717) is 31.3 Å². The lowest BCUT2D eigenvalue weighted by Gasteiger charge is -2.34. The molecule has 0 saturated carbocycles. The number of nitrogens with zero attached hydrogens (tertiary/aromatic N) is 2. The Morgan fingerprint density at radius 1 is 1.11 bits per heavy atom. The highest BCUT2D eigenvalue weighted by Gasteiger charge is 2.38. The van der Waals surface area contributed by atoms with Gasteiger partial charge in [-0.3, -0.25) is 9.59 Å². The van der Waals surface area contributed by atoms with Gasteiger partial charge in [0.1, 0.15) is 0 Å². The van der Waals surface area contributed by atoms with Crippen molar-refractivity contribution in [3.63, 3.8) is 0 Å². The minimum Gasteiger partial charge on any atom is -0.342 e. The van der Waals surface area contributed by atoms with Crippen LogP contribution in [0.15, 0.2) is 30.3 Å². The predicted octanol–water partition coefficient (Wildman–Crippen LogP) is 2.65. The summed E-state index contributed by atoms with van der Waals surface area (Å²) < 4.78 is 0. The summed E-state index contributed by atoms with van der Waals surface area (Å²) in [6.45, 7) is 5.46. The quantitative estimate of drug-likeness (QED) is 0.836. The molecular formula is C21H32ClN3O2. The summed E-state index contributed by atoms with van der Waals surface area (Å²) >= 11 is 0. The zero-order valence-electron chi connectivity index (χ0n) is 16.2. The lowest BCUT2D eigenvalue weighted by atomic mass is 9.89. The molecule has 1 aromatic carbocycles. The van der Waals surface area contributed by atoms with Crippen molar-refractivity contribution < 1.29 is 9.59 Å². The van der Waals surface area contributed by atoms with Gasteiger partial charge in [0.25, 0.3) is 0 Å². The van der Waals surface area contributed by atoms with E-state index in [1.54, 1.807) is 0 Å². The van der Waals surface area contributed by atoms with Crippen LogP contribution in [-0.4, -0.2) is 54.3 Å². The SMILES string of the molecule is CCCC(=O)N1CCCC(C(=O)N2C[C@@H](CN)[C@H](c3ccccc3)C2)C1.Cl. The molecule has 2 aliphatic rings. The number of amides is 2. The van der Waals surface area contributed by atoms with E-state index in [1.165, 1.54) is 5.56 Å². The van der Waals surface area contributed by atoms with Crippen molar-refractivity contribution in [2.75, 3.05) is 32.7 Å². The number of likely N-dealkylation sites (tertiary alicyclic amines) is 2. The molecule has 0 aromatic heterocycles. The Balaban J connectivity index is 0.00000261. The Bertz CT molecular complexity index is 625. The van der Waals surface area contributed by atoms with Gasteiger partial charge in [-0.1, -0.05) is 37.3 Å². The number of benzene rings is 1. The van der Waals surface area contributed by atoms with Gasteiger partial charge in [0.15, 0.2) is 0 Å². The van der Waals surface area contributed by atoms with Crippen LogP contribution in [0.1, 0.15) is 44.1 Å². The van der Waals surface area contributed by atoms with E-state index in [1.807, 2.05) is 34.9 Å². The van der Waals surface area contributed by atoms with Crippen molar-refractivity contribution in [2.45, 2.75) is 38.5 Å². The highest BCUT2D eigenvalue weighted by atomic mass is 35.5. The van der Waals surface area contributed by atoms with E-state index in [4.69, 9.17) is 5.73 Å². The standard InChI is InChI=1S/C21H31N3O2.ClH/c1-2-7-20(25)23-11-6-10-17(13-23)21(26)24-14-18(12-22)19(15-24)16-8-4-3-5-9-16;/h3-5,8-9,17-19H,2,6-7,10-15,22H2,1H3;1H/t17?,18-,19+;/m1./s1. The summed E-state index contributed by atoms with van der Waals surface area (Å²) in [6, 6.07) is 10.4. The van der Waals surface area contributed by atoms with Crippen molar-refractivity contribution >= 4 is 24.2 Å². The molecule has 1 aromatic rings. The Hall–Kier alpha value is -1.59. The molecule has 6 heteroatoms. The lowest BCUT2D eigenvalue weighted by Crippen LogP contribution is -2.46. The van der Waals surface area contributed by atoms with Gasteiger partial charge in [0.05, 0.1) is 5.92 Å². The Labute approximate surface area is 168 Å². The molecule has 3 atom stereocenters. The van der Waals surface area contributed by atoms with Gasteiger partial charge in [-0.25, -0.2) is 0 Å². The second-order valence-electron chi connectivity index (χ2n) is 7.69. The van der Waals surface area contributed by atoms with Gasteiger partial charge in [0, 0.05) is 38.5 Å². The van der Waals surface area contributed by atoms with Crippen molar-refractivity contribution in [1.82, 2.24) is 9.80 Å². The minimum absolute atomic E-state index is 0. The third-order valence-corrected chi connectivity index (χ3v) is 5.87. The van der Waals surface area contributed by atoms with Gasteiger partial charge in [-0.15, -0.1) is 12.4 Å². The van der Waals surface area contributed by atoms with E-state index < -0.39 is 0 Å². The van der Waals surface area contributed by atoms with Crippen LogP contribution in [-0.2, 0) is 9.59 Å². The van der Waals surface area contributed by atoms with Crippen LogP contribution >= 0.6 is 12.4 Å². The van der Waals surface area contributed by atoms with Crippen LogP contribution in [0.5, 0.6) is 0 Å². The number of hydrogen-bond donors (Lipinski definition) is 1. The third kappa shape index (κ3) is 5.02. The number of halogens is 1. The number of rotatable bonds is 5. The molecule has 0 spiro atoms. The number of carbonyl (C=O) groups excluding carboxylic acids is 2. The minimum atomic E-state index is -0.0579. The summed E-state index contributed by atoms with van der Waals surface area (Å²) in [7, 11) is 0. The van der Waals surface area contributed by atoms with Gasteiger partial charge >= 0.3 is 0 Å². The molecule has 3 rings (SSSR count). The lowest BCUT2D eigenvalue weighted by molar-refractivity contribution is -0.140. The number of piperidine rings is 1. The number of nitrogens with two attached hydrogens (primary N) is 1. The number of hydrogen-bond acceptors (Lipinski definition) is 3. The number of carbonyl (C=O) groups is 2. The van der Waals surface area contributed by atoms with Gasteiger partial charge in [-0.05, 0) is 37.3 Å². The Morgan fingerprint density at radius 3 is 2.52 bits per heavy atom.